The van der Waals surface area contributed by atoms with Crippen molar-refractivity contribution in [3.05, 3.63) is 93.8 Å². The highest BCUT2D eigenvalue weighted by Gasteiger charge is 2.42. The molecule has 4 aromatic rings. The highest BCUT2D eigenvalue weighted by Crippen LogP contribution is 2.31. The number of anilines is 3. The molecule has 1 aliphatic rings. The Kier molecular flexibility index (Phi) is 8.34. The van der Waals surface area contributed by atoms with Crippen LogP contribution < -0.4 is 15.1 Å². The molecule has 11 heteroatoms. The number of hydrogen-bond donors (Lipinski definition) is 1. The minimum atomic E-state index is -1.37. The van der Waals surface area contributed by atoms with Crippen LogP contribution in [-0.2, 0) is 20.9 Å². The van der Waals surface area contributed by atoms with Crippen LogP contribution in [0.15, 0.2) is 78.2 Å². The van der Waals surface area contributed by atoms with Crippen molar-refractivity contribution in [2.24, 2.45) is 0 Å². The second kappa shape index (κ2) is 12.0. The number of nitrogens with one attached hydrogen (secondary N) is 1. The van der Waals surface area contributed by atoms with E-state index in [1.165, 1.54) is 21.1 Å². The number of aromatic nitrogens is 1. The van der Waals surface area contributed by atoms with Crippen molar-refractivity contribution in [2.45, 2.75) is 25.9 Å². The minimum absolute atomic E-state index is 0.00863. The predicted molar refractivity (Wildman–Crippen MR) is 170 cm³/mol. The lowest BCUT2D eigenvalue weighted by molar-refractivity contribution is -0.143. The fourth-order valence-corrected chi connectivity index (χ4v) is 5.66. The van der Waals surface area contributed by atoms with Crippen LogP contribution in [0.4, 0.5) is 17.1 Å². The van der Waals surface area contributed by atoms with Gasteiger partial charge in [-0.05, 0) is 62.4 Å². The van der Waals surface area contributed by atoms with Gasteiger partial charge in [0.15, 0.2) is 0 Å². The summed E-state index contributed by atoms with van der Waals surface area (Å²) in [6.07, 6.45) is 0. The van der Waals surface area contributed by atoms with Gasteiger partial charge in [-0.1, -0.05) is 35.9 Å². The zero-order chi connectivity index (χ0) is 30.9. The highest BCUT2D eigenvalue weighted by molar-refractivity contribution is 7.09. The Morgan fingerprint density at radius 3 is 2.33 bits per heavy atom. The maximum absolute atomic E-state index is 14.0. The van der Waals surface area contributed by atoms with Crippen molar-refractivity contribution in [2.75, 3.05) is 35.8 Å². The summed E-state index contributed by atoms with van der Waals surface area (Å²) in [6.45, 7) is 2.89. The van der Waals surface area contributed by atoms with Gasteiger partial charge < -0.3 is 15.1 Å². The van der Waals surface area contributed by atoms with Crippen molar-refractivity contribution in [1.29, 1.82) is 0 Å². The summed E-state index contributed by atoms with van der Waals surface area (Å²) in [6, 6.07) is 21.2. The Hall–Kier alpha value is -4.54. The van der Waals surface area contributed by atoms with Gasteiger partial charge in [0.05, 0.1) is 23.5 Å². The molecule has 3 aromatic carbocycles. The number of ketones is 1. The number of nitrogens with zero attached hydrogens (tertiary/aromatic N) is 4. The largest absolute Gasteiger partial charge is 0.378 e. The standard InChI is InChI=1S/C32H30ClN5O4S/c1-32(2,31(42)34-22-13-15-23(16-14-22)36(3)4)38(17-27-35-25(19-43-27)20-9-11-21(33)12-10-20)28(39)18-37-26-8-6-5-7-24(26)29(40)30(37)41/h5-16,19H,17-18H2,1-4H3,(H,34,42). The van der Waals surface area contributed by atoms with Gasteiger partial charge in [0.25, 0.3) is 11.7 Å². The number of carbonyl (C=O) groups excluding carboxylic acids is 4. The van der Waals surface area contributed by atoms with E-state index in [9.17, 15) is 19.2 Å². The topological polar surface area (TPSA) is 103 Å². The van der Waals surface area contributed by atoms with Crippen LogP contribution in [0.2, 0.25) is 5.02 Å². The van der Waals surface area contributed by atoms with E-state index >= 15 is 0 Å². The van der Waals surface area contributed by atoms with Crippen LogP contribution in [0.3, 0.4) is 0 Å². The van der Waals surface area contributed by atoms with Crippen molar-refractivity contribution < 1.29 is 19.2 Å². The molecule has 0 atom stereocenters. The third kappa shape index (κ3) is 6.16. The van der Waals surface area contributed by atoms with Gasteiger partial charge in [-0.25, -0.2) is 4.98 Å². The number of benzene rings is 3. The van der Waals surface area contributed by atoms with Gasteiger partial charge >= 0.3 is 0 Å². The van der Waals surface area contributed by atoms with Crippen LogP contribution in [0.5, 0.6) is 0 Å². The quantitative estimate of drug-likeness (QED) is 0.249. The Morgan fingerprint density at radius 1 is 0.977 bits per heavy atom. The SMILES string of the molecule is CN(C)c1ccc(NC(=O)C(C)(C)N(Cc2nc(-c3ccc(Cl)cc3)cs2)C(=O)CN2C(=O)C(=O)c3ccccc32)cc1. The third-order valence-corrected chi connectivity index (χ3v) is 8.42. The maximum atomic E-state index is 14.0. The molecule has 0 unspecified atom stereocenters. The molecule has 43 heavy (non-hydrogen) atoms. The molecule has 9 nitrogen and oxygen atoms in total. The van der Waals surface area contributed by atoms with Crippen LogP contribution in [0, 0.1) is 0 Å². The monoisotopic (exact) mass is 615 g/mol. The number of rotatable bonds is 9. The molecule has 2 heterocycles. The van der Waals surface area contributed by atoms with Gasteiger partial charge in [0, 0.05) is 41.4 Å². The molecule has 220 valence electrons. The zero-order valence-corrected chi connectivity index (χ0v) is 25.7. The predicted octanol–water partition coefficient (Wildman–Crippen LogP) is 5.50. The van der Waals surface area contributed by atoms with E-state index in [-0.39, 0.29) is 12.1 Å². The average Bonchev–Trinajstić information content (AvgIpc) is 3.55. The number of Topliss-reactive ketones (excluding diaryl/α,β-unsaturated/α-hetero) is 1. The Morgan fingerprint density at radius 2 is 1.65 bits per heavy atom. The van der Waals surface area contributed by atoms with Crippen LogP contribution in [-0.4, -0.2) is 59.6 Å². The van der Waals surface area contributed by atoms with Gasteiger partial charge in [-0.2, -0.15) is 0 Å². The smallest absolute Gasteiger partial charge is 0.299 e. The number of carbonyl (C=O) groups is 4. The van der Waals surface area contributed by atoms with E-state index in [1.54, 1.807) is 62.4 Å². The number of thiazole rings is 1. The lowest BCUT2D eigenvalue weighted by atomic mass is 10.0. The first kappa shape index (κ1) is 29.9. The summed E-state index contributed by atoms with van der Waals surface area (Å²) in [5.74, 6) is -2.38. The first-order chi connectivity index (χ1) is 20.5. The Balaban J connectivity index is 1.43. The number of amides is 3. The molecule has 0 fully saturated rings. The van der Waals surface area contributed by atoms with Gasteiger partial charge in [-0.3, -0.25) is 24.1 Å². The van der Waals surface area contributed by atoms with E-state index in [4.69, 9.17) is 16.6 Å². The van der Waals surface area contributed by atoms with Crippen LogP contribution in [0.25, 0.3) is 11.3 Å². The van der Waals surface area contributed by atoms with E-state index in [2.05, 4.69) is 5.32 Å². The summed E-state index contributed by atoms with van der Waals surface area (Å²) in [4.78, 5) is 62.4. The average molecular weight is 616 g/mol. The summed E-state index contributed by atoms with van der Waals surface area (Å²) >= 11 is 7.39. The van der Waals surface area contributed by atoms with Gasteiger partial charge in [0.2, 0.25) is 11.8 Å². The molecule has 0 bridgehead atoms. The number of para-hydroxylation sites is 1. The number of halogens is 1. The second-order valence-corrected chi connectivity index (χ2v) is 12.2. The van der Waals surface area contributed by atoms with Crippen LogP contribution in [0.1, 0.15) is 29.2 Å². The van der Waals surface area contributed by atoms with E-state index in [0.29, 0.717) is 27.1 Å². The summed E-state index contributed by atoms with van der Waals surface area (Å²) in [5.41, 5.74) is 2.37. The van der Waals surface area contributed by atoms with Gasteiger partial charge in [0.1, 0.15) is 17.1 Å². The summed E-state index contributed by atoms with van der Waals surface area (Å²) in [5, 5.41) is 5.99. The van der Waals surface area contributed by atoms with Crippen molar-refractivity contribution in [3.8, 4) is 11.3 Å². The summed E-state index contributed by atoms with van der Waals surface area (Å²) in [7, 11) is 3.85. The molecule has 1 aromatic heterocycles. The molecule has 0 spiro atoms. The Bertz CT molecular complexity index is 1700. The van der Waals surface area contributed by atoms with Crippen molar-refractivity contribution >= 4 is 63.5 Å². The zero-order valence-electron chi connectivity index (χ0n) is 24.1. The summed E-state index contributed by atoms with van der Waals surface area (Å²) < 4.78 is 0. The highest BCUT2D eigenvalue weighted by atomic mass is 35.5. The number of hydrogen-bond acceptors (Lipinski definition) is 7. The molecular formula is C32H30ClN5O4S. The fourth-order valence-electron chi connectivity index (χ4n) is 4.74. The first-order valence-electron chi connectivity index (χ1n) is 13.5. The second-order valence-electron chi connectivity index (χ2n) is 10.8. The van der Waals surface area contributed by atoms with E-state index in [1.807, 2.05) is 48.6 Å². The molecule has 0 radical (unpaired) electrons. The third-order valence-electron chi connectivity index (χ3n) is 7.33. The minimum Gasteiger partial charge on any atom is -0.378 e. The van der Waals surface area contributed by atoms with E-state index < -0.39 is 35.6 Å². The van der Waals surface area contributed by atoms with Gasteiger partial charge in [-0.15, -0.1) is 11.3 Å². The van der Waals surface area contributed by atoms with Crippen LogP contribution >= 0.6 is 22.9 Å². The lowest BCUT2D eigenvalue weighted by Gasteiger charge is -2.37. The van der Waals surface area contributed by atoms with Crippen molar-refractivity contribution in [3.63, 3.8) is 0 Å². The number of fused-ring (bicyclic) bond motifs is 1. The van der Waals surface area contributed by atoms with Crippen molar-refractivity contribution in [1.82, 2.24) is 9.88 Å². The molecule has 1 N–H and O–H groups in total. The molecule has 0 aliphatic carbocycles. The molecule has 0 saturated heterocycles. The molecule has 1 aliphatic heterocycles. The maximum Gasteiger partial charge on any atom is 0.299 e. The molecule has 3 amide bonds. The lowest BCUT2D eigenvalue weighted by Crippen LogP contribution is -2.57. The van der Waals surface area contributed by atoms with E-state index in [0.717, 1.165) is 11.3 Å². The normalized spacial score (nSPS) is 12.7. The molecular weight excluding hydrogens is 586 g/mol. The molecule has 0 saturated carbocycles. The Labute approximate surface area is 258 Å². The first-order valence-corrected chi connectivity index (χ1v) is 14.8. The molecule has 5 rings (SSSR count). The fraction of sp³-hybridized carbons (Fsp3) is 0.219.